The minimum atomic E-state index is -0.373. The summed E-state index contributed by atoms with van der Waals surface area (Å²) in [7, 11) is 0. The van der Waals surface area contributed by atoms with E-state index in [1.165, 1.54) is 5.69 Å². The van der Waals surface area contributed by atoms with Crippen LogP contribution in [-0.2, 0) is 9.53 Å². The minimum absolute atomic E-state index is 0.117. The molecular weight excluding hydrogens is 290 g/mol. The summed E-state index contributed by atoms with van der Waals surface area (Å²) in [5.74, 6) is 0.386. The molecule has 1 aromatic carbocycles. The topological polar surface area (TPSA) is 58.8 Å². The molecule has 2 heterocycles. The van der Waals surface area contributed by atoms with E-state index >= 15 is 0 Å². The summed E-state index contributed by atoms with van der Waals surface area (Å²) in [4.78, 5) is 17.1. The summed E-state index contributed by atoms with van der Waals surface area (Å²) in [6, 6.07) is 10.0. The number of hydrogen-bond acceptors (Lipinski definition) is 4. The van der Waals surface area contributed by atoms with Crippen LogP contribution in [-0.4, -0.2) is 56.2 Å². The van der Waals surface area contributed by atoms with Crippen LogP contribution in [0.1, 0.15) is 19.3 Å². The van der Waals surface area contributed by atoms with E-state index in [9.17, 15) is 4.79 Å². The fourth-order valence-corrected chi connectivity index (χ4v) is 3.52. The van der Waals surface area contributed by atoms with Gasteiger partial charge < -0.3 is 20.3 Å². The molecule has 5 heteroatoms. The highest BCUT2D eigenvalue weighted by Gasteiger charge is 2.30. The Morgan fingerprint density at radius 1 is 1.09 bits per heavy atom. The molecule has 0 spiro atoms. The van der Waals surface area contributed by atoms with Gasteiger partial charge in [0.1, 0.15) is 0 Å². The summed E-state index contributed by atoms with van der Waals surface area (Å²) in [5, 5.41) is 0. The van der Waals surface area contributed by atoms with Gasteiger partial charge in [0, 0.05) is 45.1 Å². The first kappa shape index (κ1) is 16.3. The van der Waals surface area contributed by atoms with Crippen molar-refractivity contribution < 1.29 is 9.53 Å². The maximum atomic E-state index is 12.7. The quantitative estimate of drug-likeness (QED) is 0.917. The van der Waals surface area contributed by atoms with Crippen molar-refractivity contribution >= 4 is 11.6 Å². The Bertz CT molecular complexity index is 502. The average Bonchev–Trinajstić information content (AvgIpc) is 2.88. The molecule has 126 valence electrons. The first-order valence-corrected chi connectivity index (χ1v) is 8.68. The maximum Gasteiger partial charge on any atom is 0.239 e. The molecule has 0 aromatic heterocycles. The number of anilines is 1. The summed E-state index contributed by atoms with van der Waals surface area (Å²) >= 11 is 0. The van der Waals surface area contributed by atoms with Gasteiger partial charge in [0.05, 0.1) is 6.04 Å². The lowest BCUT2D eigenvalue weighted by Gasteiger charge is -2.31. The van der Waals surface area contributed by atoms with Crippen molar-refractivity contribution in [2.45, 2.75) is 25.3 Å². The number of benzene rings is 1. The van der Waals surface area contributed by atoms with Crippen molar-refractivity contribution in [2.75, 3.05) is 44.3 Å². The van der Waals surface area contributed by atoms with Gasteiger partial charge in [-0.3, -0.25) is 4.79 Å². The highest BCUT2D eigenvalue weighted by atomic mass is 16.5. The van der Waals surface area contributed by atoms with Crippen molar-refractivity contribution in [3.05, 3.63) is 30.3 Å². The van der Waals surface area contributed by atoms with Crippen LogP contribution in [0, 0.1) is 5.92 Å². The SMILES string of the molecule is NC(C(=O)N1CCCN(c2ccccc2)CC1)C1CCOCC1. The van der Waals surface area contributed by atoms with Gasteiger partial charge in [-0.1, -0.05) is 18.2 Å². The Morgan fingerprint density at radius 3 is 2.57 bits per heavy atom. The first-order chi connectivity index (χ1) is 11.3. The Morgan fingerprint density at radius 2 is 1.83 bits per heavy atom. The predicted molar refractivity (Wildman–Crippen MR) is 91.4 cm³/mol. The third-order valence-electron chi connectivity index (χ3n) is 4.99. The summed E-state index contributed by atoms with van der Waals surface area (Å²) in [6.45, 7) is 4.88. The van der Waals surface area contributed by atoms with Crippen molar-refractivity contribution in [3.8, 4) is 0 Å². The van der Waals surface area contributed by atoms with E-state index in [1.807, 2.05) is 11.0 Å². The third kappa shape index (κ3) is 4.03. The van der Waals surface area contributed by atoms with Crippen molar-refractivity contribution in [1.82, 2.24) is 4.90 Å². The molecule has 2 aliphatic rings. The van der Waals surface area contributed by atoms with E-state index in [0.717, 1.165) is 58.7 Å². The molecule has 2 saturated heterocycles. The van der Waals surface area contributed by atoms with Gasteiger partial charge in [-0.2, -0.15) is 0 Å². The molecule has 1 atom stereocenters. The minimum Gasteiger partial charge on any atom is -0.381 e. The highest BCUT2D eigenvalue weighted by molar-refractivity contribution is 5.82. The number of carbonyl (C=O) groups excluding carboxylic acids is 1. The lowest BCUT2D eigenvalue weighted by Crippen LogP contribution is -2.50. The van der Waals surface area contributed by atoms with Crippen LogP contribution >= 0.6 is 0 Å². The van der Waals surface area contributed by atoms with Crippen LogP contribution < -0.4 is 10.6 Å². The smallest absolute Gasteiger partial charge is 0.239 e. The molecule has 0 bridgehead atoms. The fourth-order valence-electron chi connectivity index (χ4n) is 3.52. The number of hydrogen-bond donors (Lipinski definition) is 1. The molecule has 5 nitrogen and oxygen atoms in total. The van der Waals surface area contributed by atoms with Gasteiger partial charge in [-0.05, 0) is 37.3 Å². The molecule has 2 N–H and O–H groups in total. The third-order valence-corrected chi connectivity index (χ3v) is 4.99. The van der Waals surface area contributed by atoms with Crippen LogP contribution in [0.15, 0.2) is 30.3 Å². The zero-order valence-electron chi connectivity index (χ0n) is 13.7. The van der Waals surface area contributed by atoms with Gasteiger partial charge in [-0.15, -0.1) is 0 Å². The number of carbonyl (C=O) groups is 1. The second kappa shape index (κ2) is 7.79. The molecule has 3 rings (SSSR count). The molecule has 1 amide bonds. The van der Waals surface area contributed by atoms with Gasteiger partial charge >= 0.3 is 0 Å². The van der Waals surface area contributed by atoms with Crippen molar-refractivity contribution in [1.29, 1.82) is 0 Å². The predicted octanol–water partition coefficient (Wildman–Crippen LogP) is 1.48. The lowest BCUT2D eigenvalue weighted by molar-refractivity contribution is -0.134. The molecule has 0 radical (unpaired) electrons. The fraction of sp³-hybridized carbons (Fsp3) is 0.611. The largest absolute Gasteiger partial charge is 0.381 e. The molecule has 0 saturated carbocycles. The van der Waals surface area contributed by atoms with E-state index in [-0.39, 0.29) is 17.9 Å². The van der Waals surface area contributed by atoms with Gasteiger partial charge in [-0.25, -0.2) is 0 Å². The second-order valence-corrected chi connectivity index (χ2v) is 6.48. The van der Waals surface area contributed by atoms with Crippen LogP contribution in [0.3, 0.4) is 0 Å². The van der Waals surface area contributed by atoms with Crippen LogP contribution in [0.25, 0.3) is 0 Å². The Labute approximate surface area is 138 Å². The van der Waals surface area contributed by atoms with Crippen molar-refractivity contribution in [3.63, 3.8) is 0 Å². The summed E-state index contributed by atoms with van der Waals surface area (Å²) in [6.07, 6.45) is 2.79. The molecule has 2 fully saturated rings. The average molecular weight is 317 g/mol. The standard InChI is InChI=1S/C18H27N3O2/c19-17(15-7-13-23-14-8-15)18(22)21-10-4-9-20(11-12-21)16-5-2-1-3-6-16/h1-3,5-6,15,17H,4,7-14,19H2. The van der Waals surface area contributed by atoms with Gasteiger partial charge in [0.25, 0.3) is 0 Å². The normalized spacial score (nSPS) is 21.8. The van der Waals surface area contributed by atoms with E-state index in [2.05, 4.69) is 29.2 Å². The zero-order valence-corrected chi connectivity index (χ0v) is 13.7. The van der Waals surface area contributed by atoms with Gasteiger partial charge in [0.15, 0.2) is 0 Å². The van der Waals surface area contributed by atoms with Crippen LogP contribution in [0.2, 0.25) is 0 Å². The van der Waals surface area contributed by atoms with Crippen LogP contribution in [0.4, 0.5) is 5.69 Å². The van der Waals surface area contributed by atoms with E-state index in [0.29, 0.717) is 0 Å². The lowest BCUT2D eigenvalue weighted by atomic mass is 9.91. The zero-order chi connectivity index (χ0) is 16.1. The Balaban J connectivity index is 1.57. The number of para-hydroxylation sites is 1. The van der Waals surface area contributed by atoms with E-state index < -0.39 is 0 Å². The monoisotopic (exact) mass is 317 g/mol. The van der Waals surface area contributed by atoms with E-state index in [4.69, 9.17) is 10.5 Å². The van der Waals surface area contributed by atoms with E-state index in [1.54, 1.807) is 0 Å². The number of rotatable bonds is 3. The van der Waals surface area contributed by atoms with Crippen molar-refractivity contribution in [2.24, 2.45) is 11.7 Å². The Hall–Kier alpha value is -1.59. The summed E-state index contributed by atoms with van der Waals surface area (Å²) < 4.78 is 5.37. The number of nitrogens with zero attached hydrogens (tertiary/aromatic N) is 2. The molecule has 2 aliphatic heterocycles. The molecular formula is C18H27N3O2. The second-order valence-electron chi connectivity index (χ2n) is 6.48. The molecule has 1 unspecified atom stereocenters. The highest BCUT2D eigenvalue weighted by Crippen LogP contribution is 2.20. The Kier molecular flexibility index (Phi) is 5.51. The van der Waals surface area contributed by atoms with Crippen LogP contribution in [0.5, 0.6) is 0 Å². The first-order valence-electron chi connectivity index (χ1n) is 8.68. The molecule has 1 aromatic rings. The maximum absolute atomic E-state index is 12.7. The van der Waals surface area contributed by atoms with Gasteiger partial charge in [0.2, 0.25) is 5.91 Å². The molecule has 0 aliphatic carbocycles. The molecule has 23 heavy (non-hydrogen) atoms. The number of nitrogens with two attached hydrogens (primary N) is 1. The number of ether oxygens (including phenoxy) is 1. The summed E-state index contributed by atoms with van der Waals surface area (Å²) in [5.41, 5.74) is 7.49. The number of amides is 1.